The zero-order chi connectivity index (χ0) is 32.7. The van der Waals surface area contributed by atoms with Crippen molar-refractivity contribution in [3.63, 3.8) is 0 Å². The maximum atomic E-state index is 14.7. The van der Waals surface area contributed by atoms with Crippen molar-refractivity contribution in [3.8, 4) is 0 Å². The van der Waals surface area contributed by atoms with Gasteiger partial charge in [0, 0.05) is 20.5 Å². The smallest absolute Gasteiger partial charge is 0.338 e. The Labute approximate surface area is 287 Å². The maximum Gasteiger partial charge on any atom is 0.338 e. The number of thioether (sulfide) groups is 1. The molecule has 2 aliphatic rings. The van der Waals surface area contributed by atoms with Gasteiger partial charge in [0.2, 0.25) is 0 Å². The zero-order valence-corrected chi connectivity index (χ0v) is 28.7. The van der Waals surface area contributed by atoms with Crippen LogP contribution in [0.3, 0.4) is 0 Å². The van der Waals surface area contributed by atoms with Crippen LogP contribution >= 0.6 is 39.0 Å². The lowest BCUT2D eigenvalue weighted by Crippen LogP contribution is -2.41. The highest BCUT2D eigenvalue weighted by Crippen LogP contribution is 2.39. The molecule has 0 unspecified atom stereocenters. The number of benzene rings is 4. The van der Waals surface area contributed by atoms with Crippen molar-refractivity contribution in [2.24, 2.45) is 4.99 Å². The van der Waals surface area contributed by atoms with Gasteiger partial charge in [-0.05, 0) is 54.6 Å². The van der Waals surface area contributed by atoms with E-state index in [0.29, 0.717) is 28.2 Å². The van der Waals surface area contributed by atoms with Crippen LogP contribution in [0, 0.1) is 0 Å². The minimum Gasteiger partial charge on any atom is -0.463 e. The SMILES string of the molecule is CCOC(=O)C1=C(c2ccccc2)N=c2s/c(=C3\C(=O)N(Cc4ccccc4)c4ccc(Br)cc43)c(=O)n2[C@@H]1c1ccc(SC)cc1. The summed E-state index contributed by atoms with van der Waals surface area (Å²) in [4.78, 5) is 51.0. The van der Waals surface area contributed by atoms with Crippen molar-refractivity contribution < 1.29 is 14.3 Å². The van der Waals surface area contributed by atoms with E-state index in [0.717, 1.165) is 31.7 Å². The van der Waals surface area contributed by atoms with Gasteiger partial charge in [0.05, 0.1) is 41.7 Å². The number of aromatic nitrogens is 1. The van der Waals surface area contributed by atoms with Gasteiger partial charge in [-0.3, -0.25) is 14.2 Å². The fourth-order valence-corrected chi connectivity index (χ4v) is 7.90. The summed E-state index contributed by atoms with van der Waals surface area (Å²) in [5, 5.41) is 0. The number of hydrogen-bond acceptors (Lipinski definition) is 7. The number of nitrogens with zero attached hydrogens (tertiary/aromatic N) is 3. The van der Waals surface area contributed by atoms with E-state index in [4.69, 9.17) is 9.73 Å². The van der Waals surface area contributed by atoms with E-state index in [1.165, 1.54) is 11.3 Å². The Morgan fingerprint density at radius 2 is 1.66 bits per heavy atom. The first-order valence-corrected chi connectivity index (χ1v) is 17.8. The number of amides is 1. The van der Waals surface area contributed by atoms with Gasteiger partial charge in [0.1, 0.15) is 4.53 Å². The minimum absolute atomic E-state index is 0.161. The lowest BCUT2D eigenvalue weighted by molar-refractivity contribution is -0.138. The van der Waals surface area contributed by atoms with E-state index in [1.807, 2.05) is 109 Å². The molecule has 0 saturated heterocycles. The average Bonchev–Trinajstić information content (AvgIpc) is 3.56. The average molecular weight is 723 g/mol. The Morgan fingerprint density at radius 1 is 0.957 bits per heavy atom. The first-order valence-electron chi connectivity index (χ1n) is 15.0. The zero-order valence-electron chi connectivity index (χ0n) is 25.5. The molecule has 7 rings (SSSR count). The summed E-state index contributed by atoms with van der Waals surface area (Å²) in [5.41, 5.74) is 4.46. The second-order valence-electron chi connectivity index (χ2n) is 10.9. The molecular formula is C37H28BrN3O4S2. The summed E-state index contributed by atoms with van der Waals surface area (Å²) in [6.45, 7) is 2.27. The Bertz CT molecular complexity index is 2250. The van der Waals surface area contributed by atoms with Crippen molar-refractivity contribution in [3.05, 3.63) is 155 Å². The molecule has 1 atom stereocenters. The lowest BCUT2D eigenvalue weighted by atomic mass is 9.93. The predicted octanol–water partition coefficient (Wildman–Crippen LogP) is 6.34. The maximum absolute atomic E-state index is 14.7. The third-order valence-electron chi connectivity index (χ3n) is 8.17. The van der Waals surface area contributed by atoms with Gasteiger partial charge in [-0.25, -0.2) is 9.79 Å². The highest BCUT2D eigenvalue weighted by atomic mass is 79.9. The van der Waals surface area contributed by atoms with E-state index < -0.39 is 17.6 Å². The summed E-state index contributed by atoms with van der Waals surface area (Å²) in [6.07, 6.45) is 1.99. The van der Waals surface area contributed by atoms with Crippen LogP contribution in [0.2, 0.25) is 0 Å². The van der Waals surface area contributed by atoms with Gasteiger partial charge < -0.3 is 9.64 Å². The van der Waals surface area contributed by atoms with Gasteiger partial charge in [-0.15, -0.1) is 11.8 Å². The summed E-state index contributed by atoms with van der Waals surface area (Å²) < 4.78 is 8.20. The standard InChI is InChI=1S/C37H28BrN3O4S2/c1-3-45-36(44)30-31(23-12-8-5-9-13-23)39-37-41(32(30)24-14-17-26(46-2)18-15-24)35(43)33(47-37)29-27-20-25(38)16-19-28(27)40(34(29)42)21-22-10-6-4-7-11-22/h4-20,32H,3,21H2,1-2H3/b33-29-/t32-/m1/s1. The largest absolute Gasteiger partial charge is 0.463 e. The molecule has 47 heavy (non-hydrogen) atoms. The first kappa shape index (κ1) is 31.1. The van der Waals surface area contributed by atoms with Crippen LogP contribution in [-0.2, 0) is 20.9 Å². The number of carbonyl (C=O) groups is 2. The van der Waals surface area contributed by atoms with Crippen LogP contribution in [0.15, 0.2) is 128 Å². The molecule has 5 aromatic rings. The number of rotatable bonds is 7. The lowest BCUT2D eigenvalue weighted by Gasteiger charge is -2.26. The highest BCUT2D eigenvalue weighted by Gasteiger charge is 2.38. The number of anilines is 1. The number of thiazole rings is 1. The van der Waals surface area contributed by atoms with Gasteiger partial charge in [-0.1, -0.05) is 100 Å². The Balaban J connectivity index is 1.52. The molecule has 10 heteroatoms. The molecule has 0 saturated carbocycles. The number of carbonyl (C=O) groups excluding carboxylic acids is 2. The number of halogens is 1. The third-order valence-corrected chi connectivity index (χ3v) is 10.5. The van der Waals surface area contributed by atoms with E-state index in [2.05, 4.69) is 15.9 Å². The van der Waals surface area contributed by atoms with E-state index >= 15 is 0 Å². The number of hydrogen-bond donors (Lipinski definition) is 0. The van der Waals surface area contributed by atoms with Crippen molar-refractivity contribution in [2.45, 2.75) is 24.4 Å². The van der Waals surface area contributed by atoms with Gasteiger partial charge in [-0.2, -0.15) is 0 Å². The second-order valence-corrected chi connectivity index (χ2v) is 13.7. The Hall–Kier alpha value is -4.51. The van der Waals surface area contributed by atoms with Crippen LogP contribution in [0.4, 0.5) is 5.69 Å². The third kappa shape index (κ3) is 5.60. The Kier molecular flexibility index (Phi) is 8.57. The predicted molar refractivity (Wildman–Crippen MR) is 190 cm³/mol. The quantitative estimate of drug-likeness (QED) is 0.145. The normalized spacial score (nSPS) is 16.5. The molecule has 3 heterocycles. The molecule has 234 valence electrons. The van der Waals surface area contributed by atoms with Crippen molar-refractivity contribution in [2.75, 3.05) is 17.8 Å². The van der Waals surface area contributed by atoms with Crippen LogP contribution in [0.25, 0.3) is 11.3 Å². The summed E-state index contributed by atoms with van der Waals surface area (Å²) in [6, 6.07) is 31.8. The van der Waals surface area contributed by atoms with Crippen LogP contribution < -0.4 is 19.8 Å². The topological polar surface area (TPSA) is 81.0 Å². The van der Waals surface area contributed by atoms with Crippen LogP contribution in [0.1, 0.15) is 35.2 Å². The molecule has 7 nitrogen and oxygen atoms in total. The van der Waals surface area contributed by atoms with Crippen LogP contribution in [0.5, 0.6) is 0 Å². The minimum atomic E-state index is -0.829. The molecule has 0 N–H and O–H groups in total. The van der Waals surface area contributed by atoms with Gasteiger partial charge in [0.15, 0.2) is 4.80 Å². The number of ether oxygens (including phenoxy) is 1. The van der Waals surface area contributed by atoms with Crippen molar-refractivity contribution in [1.29, 1.82) is 0 Å². The molecule has 1 amide bonds. The number of fused-ring (bicyclic) bond motifs is 2. The molecule has 2 aliphatic heterocycles. The summed E-state index contributed by atoms with van der Waals surface area (Å²) in [7, 11) is 0. The molecule has 0 spiro atoms. The van der Waals surface area contributed by atoms with Gasteiger partial charge in [0.25, 0.3) is 11.5 Å². The highest BCUT2D eigenvalue weighted by molar-refractivity contribution is 9.10. The van der Waals surface area contributed by atoms with Crippen molar-refractivity contribution >= 4 is 67.9 Å². The monoisotopic (exact) mass is 721 g/mol. The van der Waals surface area contributed by atoms with E-state index in [-0.39, 0.29) is 22.6 Å². The summed E-state index contributed by atoms with van der Waals surface area (Å²) >= 11 is 6.34. The molecule has 0 radical (unpaired) electrons. The van der Waals surface area contributed by atoms with Crippen molar-refractivity contribution in [1.82, 2.24) is 4.57 Å². The molecule has 0 bridgehead atoms. The molecular weight excluding hydrogens is 694 g/mol. The fraction of sp³-hybridized carbons (Fsp3) is 0.135. The van der Waals surface area contributed by atoms with E-state index in [1.54, 1.807) is 28.2 Å². The Morgan fingerprint density at radius 3 is 2.34 bits per heavy atom. The molecule has 0 fully saturated rings. The molecule has 4 aromatic carbocycles. The summed E-state index contributed by atoms with van der Waals surface area (Å²) in [5.74, 6) is -0.812. The van der Waals surface area contributed by atoms with E-state index in [9.17, 15) is 14.4 Å². The van der Waals surface area contributed by atoms with Crippen LogP contribution in [-0.4, -0.2) is 29.3 Å². The molecule has 1 aromatic heterocycles. The number of esters is 1. The second kappa shape index (κ2) is 12.9. The fourth-order valence-electron chi connectivity index (χ4n) is 6.04. The van der Waals surface area contributed by atoms with Gasteiger partial charge >= 0.3 is 5.97 Å². The molecule has 0 aliphatic carbocycles. The first-order chi connectivity index (χ1) is 22.9.